The molecule has 2 aromatic rings. The predicted molar refractivity (Wildman–Crippen MR) is 105 cm³/mol. The van der Waals surface area contributed by atoms with Gasteiger partial charge in [-0.2, -0.15) is 0 Å². The Hall–Kier alpha value is -3.09. The van der Waals surface area contributed by atoms with Crippen LogP contribution < -0.4 is 10.1 Å². The van der Waals surface area contributed by atoms with E-state index >= 15 is 0 Å². The van der Waals surface area contributed by atoms with Gasteiger partial charge in [0.15, 0.2) is 11.6 Å². The van der Waals surface area contributed by atoms with Gasteiger partial charge in [-0.3, -0.25) is 0 Å². The number of nitrogens with one attached hydrogen (secondary N) is 1. The molecule has 4 rings (SSSR count). The topological polar surface area (TPSA) is 60.7 Å². The third-order valence-electron chi connectivity index (χ3n) is 5.53. The van der Waals surface area contributed by atoms with Gasteiger partial charge in [-0.25, -0.2) is 13.6 Å². The maximum Gasteiger partial charge on any atom is 0.336 e. The minimum atomic E-state index is -0.774. The Bertz CT molecular complexity index is 1040. The second-order valence-corrected chi connectivity index (χ2v) is 7.47. The van der Waals surface area contributed by atoms with Crippen LogP contribution in [0, 0.1) is 11.6 Å². The minimum Gasteiger partial charge on any atom is -0.483 e. The van der Waals surface area contributed by atoms with Gasteiger partial charge in [0, 0.05) is 17.5 Å². The molecule has 0 saturated carbocycles. The molecule has 2 aliphatic rings. The zero-order valence-corrected chi connectivity index (χ0v) is 16.9. The number of carbonyl (C=O) groups excluding carboxylic acids is 1. The van der Waals surface area contributed by atoms with Gasteiger partial charge in [-0.1, -0.05) is 0 Å². The Kier molecular flexibility index (Phi) is 5.61. The Morgan fingerprint density at radius 1 is 1.20 bits per heavy atom. The molecule has 1 atom stereocenters. The SMILES string of the molecule is COC(=O)C1=C(C)NC2=C(CCCC2)C1c1ccc(COc2ccc(F)cc2F)o1. The number of esters is 1. The lowest BCUT2D eigenvalue weighted by atomic mass is 9.78. The molecule has 1 unspecified atom stereocenters. The summed E-state index contributed by atoms with van der Waals surface area (Å²) in [5, 5.41) is 3.37. The van der Waals surface area contributed by atoms with E-state index in [1.807, 2.05) is 13.0 Å². The number of dihydropyridines is 1. The molecule has 0 fully saturated rings. The highest BCUT2D eigenvalue weighted by molar-refractivity contribution is 5.92. The van der Waals surface area contributed by atoms with E-state index in [2.05, 4.69) is 5.32 Å². The molecule has 7 heteroatoms. The fourth-order valence-electron chi connectivity index (χ4n) is 4.14. The Morgan fingerprint density at radius 3 is 2.77 bits per heavy atom. The van der Waals surface area contributed by atoms with Crippen LogP contribution in [-0.2, 0) is 16.1 Å². The molecule has 2 heterocycles. The molecule has 1 aromatic heterocycles. The normalized spacial score (nSPS) is 18.7. The summed E-state index contributed by atoms with van der Waals surface area (Å²) >= 11 is 0. The fourth-order valence-corrected chi connectivity index (χ4v) is 4.14. The molecule has 5 nitrogen and oxygen atoms in total. The van der Waals surface area contributed by atoms with E-state index in [0.29, 0.717) is 17.1 Å². The third-order valence-corrected chi connectivity index (χ3v) is 5.53. The van der Waals surface area contributed by atoms with Gasteiger partial charge in [0.05, 0.1) is 18.6 Å². The van der Waals surface area contributed by atoms with E-state index < -0.39 is 17.6 Å². The number of halogens is 2. The number of furan rings is 1. The van der Waals surface area contributed by atoms with Gasteiger partial charge < -0.3 is 19.2 Å². The summed E-state index contributed by atoms with van der Waals surface area (Å²) in [7, 11) is 1.36. The van der Waals surface area contributed by atoms with Gasteiger partial charge >= 0.3 is 5.97 Å². The average molecular weight is 415 g/mol. The average Bonchev–Trinajstić information content (AvgIpc) is 3.20. The van der Waals surface area contributed by atoms with Gasteiger partial charge in [-0.05, 0) is 62.4 Å². The summed E-state index contributed by atoms with van der Waals surface area (Å²) < 4.78 is 43.3. The Labute approximate surface area is 173 Å². The molecule has 0 saturated heterocycles. The lowest BCUT2D eigenvalue weighted by Crippen LogP contribution is -2.30. The predicted octanol–water partition coefficient (Wildman–Crippen LogP) is 5.10. The molecule has 0 amide bonds. The molecule has 0 radical (unpaired) electrons. The van der Waals surface area contributed by atoms with Crippen LogP contribution in [0.1, 0.15) is 50.0 Å². The van der Waals surface area contributed by atoms with Crippen molar-refractivity contribution in [1.82, 2.24) is 5.32 Å². The zero-order valence-electron chi connectivity index (χ0n) is 16.9. The summed E-state index contributed by atoms with van der Waals surface area (Å²) in [6, 6.07) is 6.69. The van der Waals surface area contributed by atoms with E-state index in [-0.39, 0.29) is 18.3 Å². The number of rotatable bonds is 5. The first-order chi connectivity index (χ1) is 14.5. The van der Waals surface area contributed by atoms with Gasteiger partial charge in [0.25, 0.3) is 0 Å². The number of hydrogen-bond acceptors (Lipinski definition) is 5. The molecule has 1 N–H and O–H groups in total. The largest absolute Gasteiger partial charge is 0.483 e. The van der Waals surface area contributed by atoms with Crippen LogP contribution in [0.4, 0.5) is 8.78 Å². The molecule has 0 spiro atoms. The van der Waals surface area contributed by atoms with Crippen molar-refractivity contribution in [3.05, 3.63) is 76.0 Å². The van der Waals surface area contributed by atoms with E-state index in [1.54, 1.807) is 6.07 Å². The first kappa shape index (κ1) is 20.2. The van der Waals surface area contributed by atoms with Crippen LogP contribution in [0.15, 0.2) is 57.3 Å². The van der Waals surface area contributed by atoms with Crippen molar-refractivity contribution in [2.75, 3.05) is 7.11 Å². The van der Waals surface area contributed by atoms with E-state index in [4.69, 9.17) is 13.9 Å². The van der Waals surface area contributed by atoms with Crippen molar-refractivity contribution in [2.45, 2.75) is 45.1 Å². The first-order valence-electron chi connectivity index (χ1n) is 9.92. The smallest absolute Gasteiger partial charge is 0.336 e. The number of hydrogen-bond donors (Lipinski definition) is 1. The van der Waals surface area contributed by atoms with Crippen molar-refractivity contribution in [3.63, 3.8) is 0 Å². The molecule has 1 aromatic carbocycles. The molecular weight excluding hydrogens is 392 g/mol. The van der Waals surface area contributed by atoms with Gasteiger partial charge in [0.1, 0.15) is 23.9 Å². The molecular formula is C23H23F2NO4. The maximum atomic E-state index is 13.8. The standard InChI is InChI=1S/C23H23F2NO4/c1-13-21(23(27)28-2)22(16-5-3-4-6-18(16)26-13)20-10-8-15(30-20)12-29-19-9-7-14(24)11-17(19)25/h7-11,22,26H,3-6,12H2,1-2H3. The van der Waals surface area contributed by atoms with Crippen LogP contribution in [0.2, 0.25) is 0 Å². The molecule has 30 heavy (non-hydrogen) atoms. The number of benzene rings is 1. The maximum absolute atomic E-state index is 13.8. The van der Waals surface area contributed by atoms with Crippen LogP contribution in [0.25, 0.3) is 0 Å². The van der Waals surface area contributed by atoms with Crippen LogP contribution in [-0.4, -0.2) is 13.1 Å². The quantitative estimate of drug-likeness (QED) is 0.689. The van der Waals surface area contributed by atoms with Crippen molar-refractivity contribution in [2.24, 2.45) is 0 Å². The Balaban J connectivity index is 1.61. The van der Waals surface area contributed by atoms with Gasteiger partial charge in [0.2, 0.25) is 0 Å². The van der Waals surface area contributed by atoms with Crippen LogP contribution in [0.3, 0.4) is 0 Å². The number of ether oxygens (including phenoxy) is 2. The fraction of sp³-hybridized carbons (Fsp3) is 0.348. The highest BCUT2D eigenvalue weighted by Gasteiger charge is 2.37. The summed E-state index contributed by atoms with van der Waals surface area (Å²) in [5.41, 5.74) is 3.57. The zero-order chi connectivity index (χ0) is 21.3. The summed E-state index contributed by atoms with van der Waals surface area (Å²) in [4.78, 5) is 12.5. The number of allylic oxidation sites excluding steroid dienone is 3. The number of methoxy groups -OCH3 is 1. The lowest BCUT2D eigenvalue weighted by Gasteiger charge is -2.33. The highest BCUT2D eigenvalue weighted by Crippen LogP contribution is 2.44. The third kappa shape index (κ3) is 3.84. The van der Waals surface area contributed by atoms with Crippen molar-refractivity contribution in [1.29, 1.82) is 0 Å². The monoisotopic (exact) mass is 415 g/mol. The highest BCUT2D eigenvalue weighted by atomic mass is 19.1. The van der Waals surface area contributed by atoms with E-state index in [1.165, 1.54) is 13.2 Å². The summed E-state index contributed by atoms with van der Waals surface area (Å²) in [5.74, 6) is -1.13. The molecule has 1 aliphatic heterocycles. The van der Waals surface area contributed by atoms with Crippen molar-refractivity contribution >= 4 is 5.97 Å². The second kappa shape index (κ2) is 8.34. The number of carbonyl (C=O) groups is 1. The molecule has 158 valence electrons. The molecule has 1 aliphatic carbocycles. The summed E-state index contributed by atoms with van der Waals surface area (Å²) in [6.45, 7) is 1.84. The van der Waals surface area contributed by atoms with Crippen LogP contribution >= 0.6 is 0 Å². The first-order valence-corrected chi connectivity index (χ1v) is 9.92. The summed E-state index contributed by atoms with van der Waals surface area (Å²) in [6.07, 6.45) is 3.94. The lowest BCUT2D eigenvalue weighted by molar-refractivity contribution is -0.136. The van der Waals surface area contributed by atoms with Crippen molar-refractivity contribution in [3.8, 4) is 5.75 Å². The van der Waals surface area contributed by atoms with E-state index in [9.17, 15) is 13.6 Å². The van der Waals surface area contributed by atoms with Crippen LogP contribution in [0.5, 0.6) is 5.75 Å². The molecule has 0 bridgehead atoms. The minimum absolute atomic E-state index is 0.0182. The second-order valence-electron chi connectivity index (χ2n) is 7.47. The Morgan fingerprint density at radius 2 is 2.00 bits per heavy atom. The van der Waals surface area contributed by atoms with E-state index in [0.717, 1.165) is 54.8 Å². The van der Waals surface area contributed by atoms with Gasteiger partial charge in [-0.15, -0.1) is 0 Å². The van der Waals surface area contributed by atoms with Crippen molar-refractivity contribution < 1.29 is 27.5 Å².